The monoisotopic (exact) mass is 528 g/mol. The maximum absolute atomic E-state index is 6.92. The number of halogens is 1. The Morgan fingerprint density at radius 3 is 2.43 bits per heavy atom. The van der Waals surface area contributed by atoms with Gasteiger partial charge in [0.2, 0.25) is 0 Å². The molecule has 5 heterocycles. The van der Waals surface area contributed by atoms with Gasteiger partial charge in [-0.1, -0.05) is 30.7 Å². The van der Waals surface area contributed by atoms with Crippen LogP contribution >= 0.6 is 23.8 Å². The van der Waals surface area contributed by atoms with Crippen LogP contribution in [0.5, 0.6) is 0 Å². The van der Waals surface area contributed by atoms with Crippen molar-refractivity contribution in [2.24, 2.45) is 5.92 Å². The SMILES string of the molecule is CC1CCN(c2ccc(N3C(=S)N[C@H](c4ccccn4)[C@H]3c3cccn3-c3ccccn3)cc2Cl)CC1. The predicted octanol–water partition coefficient (Wildman–Crippen LogP) is 6.33. The van der Waals surface area contributed by atoms with Crippen molar-refractivity contribution < 1.29 is 0 Å². The summed E-state index contributed by atoms with van der Waals surface area (Å²) in [5.74, 6) is 1.62. The van der Waals surface area contributed by atoms with Gasteiger partial charge >= 0.3 is 0 Å². The number of aromatic nitrogens is 3. The summed E-state index contributed by atoms with van der Waals surface area (Å²) in [6.07, 6.45) is 8.06. The van der Waals surface area contributed by atoms with Gasteiger partial charge in [-0.15, -0.1) is 0 Å². The third-order valence-electron chi connectivity index (χ3n) is 7.41. The lowest BCUT2D eigenvalue weighted by atomic mass is 9.98. The van der Waals surface area contributed by atoms with Crippen LogP contribution < -0.4 is 15.1 Å². The molecule has 37 heavy (non-hydrogen) atoms. The average Bonchev–Trinajstić information content (AvgIpc) is 3.54. The lowest BCUT2D eigenvalue weighted by Crippen LogP contribution is -2.33. The van der Waals surface area contributed by atoms with Gasteiger partial charge in [0.25, 0.3) is 0 Å². The summed E-state index contributed by atoms with van der Waals surface area (Å²) in [5, 5.41) is 4.93. The molecule has 2 aliphatic heterocycles. The normalized spacial score (nSPS) is 20.3. The fourth-order valence-corrected chi connectivity index (χ4v) is 6.07. The van der Waals surface area contributed by atoms with E-state index in [1.165, 1.54) is 12.8 Å². The van der Waals surface area contributed by atoms with Crippen LogP contribution in [0.3, 0.4) is 0 Å². The average molecular weight is 529 g/mol. The lowest BCUT2D eigenvalue weighted by molar-refractivity contribution is 0.438. The first-order valence-corrected chi connectivity index (χ1v) is 13.5. The molecule has 0 saturated carbocycles. The topological polar surface area (TPSA) is 49.2 Å². The van der Waals surface area contributed by atoms with E-state index in [0.29, 0.717) is 5.11 Å². The number of anilines is 2. The number of rotatable bonds is 5. The zero-order chi connectivity index (χ0) is 25.4. The van der Waals surface area contributed by atoms with Crippen molar-refractivity contribution in [2.75, 3.05) is 22.9 Å². The van der Waals surface area contributed by atoms with Crippen LogP contribution in [-0.2, 0) is 0 Å². The second kappa shape index (κ2) is 10.1. The molecule has 6 nitrogen and oxygen atoms in total. The van der Waals surface area contributed by atoms with E-state index >= 15 is 0 Å². The van der Waals surface area contributed by atoms with Crippen LogP contribution in [-0.4, -0.2) is 32.7 Å². The maximum Gasteiger partial charge on any atom is 0.174 e. The summed E-state index contributed by atoms with van der Waals surface area (Å²) in [7, 11) is 0. The number of nitrogens with zero attached hydrogens (tertiary/aromatic N) is 5. The van der Waals surface area contributed by atoms with Crippen molar-refractivity contribution in [3.8, 4) is 5.82 Å². The van der Waals surface area contributed by atoms with Gasteiger partial charge in [0.05, 0.1) is 22.4 Å². The van der Waals surface area contributed by atoms with Crippen molar-refractivity contribution in [3.05, 3.63) is 102 Å². The maximum atomic E-state index is 6.92. The van der Waals surface area contributed by atoms with Crippen LogP contribution in [0, 0.1) is 5.92 Å². The van der Waals surface area contributed by atoms with Crippen molar-refractivity contribution >= 4 is 40.3 Å². The number of thiocarbonyl (C=S) groups is 1. The van der Waals surface area contributed by atoms with Gasteiger partial charge in [-0.25, -0.2) is 4.98 Å². The molecule has 0 amide bonds. The Bertz CT molecular complexity index is 1380. The molecule has 1 N–H and O–H groups in total. The van der Waals surface area contributed by atoms with Crippen LogP contribution in [0.1, 0.15) is 43.2 Å². The molecule has 3 aromatic heterocycles. The minimum Gasteiger partial charge on any atom is -0.370 e. The van der Waals surface area contributed by atoms with E-state index in [-0.39, 0.29) is 12.1 Å². The molecular weight excluding hydrogens is 500 g/mol. The standard InChI is InChI=1S/C29H29ClN6S/c1-20-12-17-34(18-13-20)24-11-10-21(19-22(24)30)36-28(27(33-29(36)37)23-7-2-4-14-31-23)25-8-6-16-35(25)26-9-3-5-15-32-26/h2-11,14-16,19-20,27-28H,12-13,17-18H2,1H3,(H,33,37)/t27-,28-/m1/s1. The van der Waals surface area contributed by atoms with Gasteiger partial charge in [0.1, 0.15) is 11.9 Å². The highest BCUT2D eigenvalue weighted by Gasteiger charge is 2.42. The van der Waals surface area contributed by atoms with Crippen molar-refractivity contribution in [3.63, 3.8) is 0 Å². The summed E-state index contributed by atoms with van der Waals surface area (Å²) in [6, 6.07) is 22.1. The van der Waals surface area contributed by atoms with Gasteiger partial charge in [0, 0.05) is 43.1 Å². The van der Waals surface area contributed by atoms with Crippen LogP contribution in [0.2, 0.25) is 5.02 Å². The number of hydrogen-bond donors (Lipinski definition) is 1. The molecule has 2 aliphatic rings. The number of benzene rings is 1. The highest BCUT2D eigenvalue weighted by Crippen LogP contribution is 2.44. The third-order valence-corrected chi connectivity index (χ3v) is 8.03. The summed E-state index contributed by atoms with van der Waals surface area (Å²) >= 11 is 12.9. The fourth-order valence-electron chi connectivity index (χ4n) is 5.43. The molecule has 0 spiro atoms. The van der Waals surface area contributed by atoms with Crippen LogP contribution in [0.15, 0.2) is 85.3 Å². The molecule has 2 fully saturated rings. The van der Waals surface area contributed by atoms with E-state index in [1.807, 2.05) is 67.1 Å². The summed E-state index contributed by atoms with van der Waals surface area (Å²) in [6.45, 7) is 4.39. The molecular formula is C29H29ClN6S. The molecule has 2 atom stereocenters. The first-order valence-electron chi connectivity index (χ1n) is 12.7. The Kier molecular flexibility index (Phi) is 6.57. The first kappa shape index (κ1) is 23.9. The van der Waals surface area contributed by atoms with E-state index in [4.69, 9.17) is 23.8 Å². The summed E-state index contributed by atoms with van der Waals surface area (Å²) < 4.78 is 2.12. The third kappa shape index (κ3) is 4.58. The highest BCUT2D eigenvalue weighted by atomic mass is 35.5. The number of nitrogens with one attached hydrogen (secondary N) is 1. The molecule has 0 aliphatic carbocycles. The fraction of sp³-hybridized carbons (Fsp3) is 0.276. The second-order valence-corrected chi connectivity index (χ2v) is 10.6. The molecule has 0 radical (unpaired) electrons. The first-order chi connectivity index (χ1) is 18.1. The summed E-state index contributed by atoms with van der Waals surface area (Å²) in [4.78, 5) is 13.8. The Hall–Kier alpha value is -3.42. The second-order valence-electron chi connectivity index (χ2n) is 9.79. The van der Waals surface area contributed by atoms with E-state index in [9.17, 15) is 0 Å². The Balaban J connectivity index is 1.42. The Morgan fingerprint density at radius 2 is 1.73 bits per heavy atom. The smallest absolute Gasteiger partial charge is 0.174 e. The lowest BCUT2D eigenvalue weighted by Gasteiger charge is -2.33. The minimum absolute atomic E-state index is 0.145. The minimum atomic E-state index is -0.155. The largest absolute Gasteiger partial charge is 0.370 e. The molecule has 1 aromatic carbocycles. The predicted molar refractivity (Wildman–Crippen MR) is 154 cm³/mol. The number of piperidine rings is 1. The molecule has 0 bridgehead atoms. The van der Waals surface area contributed by atoms with Gasteiger partial charge in [-0.2, -0.15) is 0 Å². The molecule has 188 valence electrons. The Morgan fingerprint density at radius 1 is 0.946 bits per heavy atom. The molecule has 0 unspecified atom stereocenters. The van der Waals surface area contributed by atoms with Crippen LogP contribution in [0.4, 0.5) is 11.4 Å². The van der Waals surface area contributed by atoms with E-state index in [1.54, 1.807) is 0 Å². The molecule has 2 saturated heterocycles. The van der Waals surface area contributed by atoms with Crippen LogP contribution in [0.25, 0.3) is 5.82 Å². The van der Waals surface area contributed by atoms with Gasteiger partial charge in [-0.3, -0.25) is 4.98 Å². The van der Waals surface area contributed by atoms with Gasteiger partial charge in [0.15, 0.2) is 5.11 Å². The van der Waals surface area contributed by atoms with E-state index < -0.39 is 0 Å². The van der Waals surface area contributed by atoms with Crippen molar-refractivity contribution in [1.82, 2.24) is 19.9 Å². The van der Waals surface area contributed by atoms with E-state index in [0.717, 1.165) is 52.6 Å². The number of hydrogen-bond acceptors (Lipinski definition) is 4. The zero-order valence-corrected chi connectivity index (χ0v) is 22.2. The molecule has 6 rings (SSSR count). The zero-order valence-electron chi connectivity index (χ0n) is 20.7. The van der Waals surface area contributed by atoms with E-state index in [2.05, 4.69) is 54.8 Å². The summed E-state index contributed by atoms with van der Waals surface area (Å²) in [5.41, 5.74) is 4.03. The highest BCUT2D eigenvalue weighted by molar-refractivity contribution is 7.80. The number of pyridine rings is 2. The van der Waals surface area contributed by atoms with Crippen molar-refractivity contribution in [2.45, 2.75) is 31.8 Å². The quantitative estimate of drug-likeness (QED) is 0.305. The molecule has 4 aromatic rings. The molecule has 8 heteroatoms. The van der Waals surface area contributed by atoms with Gasteiger partial charge < -0.3 is 19.7 Å². The Labute approximate surface area is 227 Å². The van der Waals surface area contributed by atoms with Crippen molar-refractivity contribution in [1.29, 1.82) is 0 Å². The van der Waals surface area contributed by atoms with Gasteiger partial charge in [-0.05, 0) is 85.6 Å².